The molecule has 0 unspecified atom stereocenters. The number of anilines is 1. The van der Waals surface area contributed by atoms with Gasteiger partial charge < -0.3 is 23.8 Å². The molecule has 38 heavy (non-hydrogen) atoms. The van der Waals surface area contributed by atoms with Crippen molar-refractivity contribution in [1.29, 1.82) is 0 Å². The molecule has 3 aromatic carbocycles. The highest BCUT2D eigenvalue weighted by molar-refractivity contribution is 7.80. The van der Waals surface area contributed by atoms with Gasteiger partial charge in [-0.1, -0.05) is 29.3 Å². The summed E-state index contributed by atoms with van der Waals surface area (Å²) >= 11 is 18.5. The van der Waals surface area contributed by atoms with E-state index < -0.39 is 11.9 Å². The van der Waals surface area contributed by atoms with E-state index in [0.29, 0.717) is 44.1 Å². The average molecular weight is 577 g/mol. The molecule has 0 aliphatic heterocycles. The number of methoxy groups -OCH3 is 3. The van der Waals surface area contributed by atoms with Gasteiger partial charge in [-0.25, -0.2) is 4.79 Å². The minimum absolute atomic E-state index is 0.0728. The zero-order chi connectivity index (χ0) is 27.8. The number of rotatable bonds is 9. The number of thiocarbonyl (C=S) groups is 1. The van der Waals surface area contributed by atoms with Crippen molar-refractivity contribution in [3.05, 3.63) is 81.3 Å². The molecular formula is C27H26Cl2N2O6S. The van der Waals surface area contributed by atoms with Crippen molar-refractivity contribution >= 4 is 58.1 Å². The van der Waals surface area contributed by atoms with Gasteiger partial charge in [0, 0.05) is 26.9 Å². The molecule has 11 heteroatoms. The minimum atomic E-state index is -0.507. The van der Waals surface area contributed by atoms with Crippen LogP contribution in [0.4, 0.5) is 5.69 Å². The standard InChI is InChI=1S/C27H26Cl2N2O6S/c1-5-37-26(33)16-9-11-18(12-10-16)31(15-19-20(28)7-6-8-21(19)29)27(38)30-25(32)17-13-22(34-2)24(36-4)23(14-17)35-3/h6-14H,5,15H2,1-4H3,(H,30,32,38). The van der Waals surface area contributed by atoms with Crippen LogP contribution in [-0.2, 0) is 11.3 Å². The molecule has 0 radical (unpaired) electrons. The number of amides is 1. The van der Waals surface area contributed by atoms with Gasteiger partial charge in [0.1, 0.15) is 0 Å². The van der Waals surface area contributed by atoms with Crippen molar-refractivity contribution < 1.29 is 28.5 Å². The summed E-state index contributed by atoms with van der Waals surface area (Å²) in [7, 11) is 4.39. The van der Waals surface area contributed by atoms with Gasteiger partial charge in [0.25, 0.3) is 5.91 Å². The molecule has 0 heterocycles. The van der Waals surface area contributed by atoms with Crippen molar-refractivity contribution in [3.63, 3.8) is 0 Å². The van der Waals surface area contributed by atoms with Crippen molar-refractivity contribution in [2.24, 2.45) is 0 Å². The molecule has 0 spiro atoms. The molecule has 0 bridgehead atoms. The first-order valence-corrected chi connectivity index (χ1v) is 12.5. The summed E-state index contributed by atoms with van der Waals surface area (Å²) in [6, 6.07) is 14.8. The smallest absolute Gasteiger partial charge is 0.338 e. The fraction of sp³-hybridized carbons (Fsp3) is 0.222. The number of nitrogens with one attached hydrogen (secondary N) is 1. The maximum atomic E-state index is 13.2. The Bertz CT molecular complexity index is 1290. The predicted octanol–water partition coefficient (Wildman–Crippen LogP) is 5.92. The van der Waals surface area contributed by atoms with Crippen LogP contribution in [0.5, 0.6) is 17.2 Å². The Balaban J connectivity index is 1.96. The first-order valence-electron chi connectivity index (χ1n) is 11.4. The quantitative estimate of drug-likeness (QED) is 0.248. The molecular weight excluding hydrogens is 551 g/mol. The molecule has 0 fully saturated rings. The number of hydrogen-bond acceptors (Lipinski definition) is 7. The van der Waals surface area contributed by atoms with E-state index >= 15 is 0 Å². The first-order chi connectivity index (χ1) is 18.2. The van der Waals surface area contributed by atoms with Gasteiger partial charge in [-0.2, -0.15) is 0 Å². The molecule has 0 aliphatic carbocycles. The normalized spacial score (nSPS) is 10.4. The fourth-order valence-electron chi connectivity index (χ4n) is 3.56. The third-order valence-electron chi connectivity index (χ3n) is 5.46. The van der Waals surface area contributed by atoms with Crippen LogP contribution in [0, 0.1) is 0 Å². The molecule has 1 N–H and O–H groups in total. The summed E-state index contributed by atoms with van der Waals surface area (Å²) < 4.78 is 21.1. The lowest BCUT2D eigenvalue weighted by molar-refractivity contribution is 0.0526. The number of hydrogen-bond donors (Lipinski definition) is 1. The lowest BCUT2D eigenvalue weighted by Crippen LogP contribution is -2.42. The molecule has 1 amide bonds. The van der Waals surface area contributed by atoms with Crippen LogP contribution in [0.2, 0.25) is 10.0 Å². The second-order valence-corrected chi connectivity index (χ2v) is 8.93. The van der Waals surface area contributed by atoms with E-state index in [1.54, 1.807) is 54.3 Å². The summed E-state index contributed by atoms with van der Waals surface area (Å²) in [6.07, 6.45) is 0. The molecule has 0 aliphatic rings. The monoisotopic (exact) mass is 576 g/mol. The van der Waals surface area contributed by atoms with Crippen LogP contribution in [-0.4, -0.2) is 44.9 Å². The van der Waals surface area contributed by atoms with E-state index in [2.05, 4.69) is 5.32 Å². The number of halogens is 2. The Morgan fingerprint density at radius 1 is 0.895 bits per heavy atom. The molecule has 8 nitrogen and oxygen atoms in total. The third kappa shape index (κ3) is 6.66. The number of carbonyl (C=O) groups is 2. The van der Waals surface area contributed by atoms with E-state index in [1.165, 1.54) is 33.5 Å². The molecule has 0 aromatic heterocycles. The highest BCUT2D eigenvalue weighted by Crippen LogP contribution is 2.38. The lowest BCUT2D eigenvalue weighted by Gasteiger charge is -2.27. The summed E-state index contributed by atoms with van der Waals surface area (Å²) in [5, 5.41) is 3.68. The maximum Gasteiger partial charge on any atom is 0.338 e. The van der Waals surface area contributed by atoms with E-state index in [0.717, 1.165) is 0 Å². The van der Waals surface area contributed by atoms with Gasteiger partial charge in [-0.05, 0) is 67.7 Å². The van der Waals surface area contributed by atoms with Crippen LogP contribution in [0.25, 0.3) is 0 Å². The minimum Gasteiger partial charge on any atom is -0.493 e. The van der Waals surface area contributed by atoms with Crippen molar-refractivity contribution in [3.8, 4) is 17.2 Å². The van der Waals surface area contributed by atoms with Crippen molar-refractivity contribution in [2.45, 2.75) is 13.5 Å². The van der Waals surface area contributed by atoms with Gasteiger partial charge in [-0.3, -0.25) is 10.1 Å². The zero-order valence-corrected chi connectivity index (χ0v) is 23.5. The highest BCUT2D eigenvalue weighted by atomic mass is 35.5. The van der Waals surface area contributed by atoms with Crippen molar-refractivity contribution in [2.75, 3.05) is 32.8 Å². The SMILES string of the molecule is CCOC(=O)c1ccc(N(Cc2c(Cl)cccc2Cl)C(=S)NC(=O)c2cc(OC)c(OC)c(OC)c2)cc1. The van der Waals surface area contributed by atoms with Gasteiger partial charge in [0.2, 0.25) is 5.75 Å². The Labute approximate surface area is 236 Å². The van der Waals surface area contributed by atoms with Crippen LogP contribution in [0.15, 0.2) is 54.6 Å². The predicted molar refractivity (Wildman–Crippen MR) is 151 cm³/mol. The number of ether oxygens (including phenoxy) is 4. The molecule has 0 saturated heterocycles. The lowest BCUT2D eigenvalue weighted by atomic mass is 10.1. The molecule has 200 valence electrons. The second kappa shape index (κ2) is 13.3. The Morgan fingerprint density at radius 3 is 1.97 bits per heavy atom. The number of esters is 1. The molecule has 3 rings (SSSR count). The van der Waals surface area contributed by atoms with Crippen LogP contribution in [0.3, 0.4) is 0 Å². The van der Waals surface area contributed by atoms with Gasteiger partial charge in [-0.15, -0.1) is 0 Å². The van der Waals surface area contributed by atoms with Gasteiger partial charge >= 0.3 is 5.97 Å². The van der Waals surface area contributed by atoms with Crippen LogP contribution >= 0.6 is 35.4 Å². The largest absolute Gasteiger partial charge is 0.493 e. The molecule has 3 aromatic rings. The number of benzene rings is 3. The third-order valence-corrected chi connectivity index (χ3v) is 6.49. The van der Waals surface area contributed by atoms with E-state index in [1.807, 2.05) is 0 Å². The summed E-state index contributed by atoms with van der Waals surface area (Å²) in [5.41, 5.74) is 1.80. The van der Waals surface area contributed by atoms with Crippen LogP contribution < -0.4 is 24.4 Å². The number of nitrogens with zero attached hydrogens (tertiary/aromatic N) is 1. The molecule has 0 atom stereocenters. The average Bonchev–Trinajstić information content (AvgIpc) is 2.92. The summed E-state index contributed by atoms with van der Waals surface area (Å²) in [5.74, 6) is 0.0332. The zero-order valence-electron chi connectivity index (χ0n) is 21.2. The Morgan fingerprint density at radius 2 is 1.47 bits per heavy atom. The number of carbonyl (C=O) groups excluding carboxylic acids is 2. The Hall–Kier alpha value is -3.53. The van der Waals surface area contributed by atoms with Gasteiger partial charge in [0.05, 0.1) is 40.0 Å². The summed E-state index contributed by atoms with van der Waals surface area (Å²) in [4.78, 5) is 27.0. The second-order valence-electron chi connectivity index (χ2n) is 7.73. The summed E-state index contributed by atoms with van der Waals surface area (Å²) in [6.45, 7) is 2.14. The van der Waals surface area contributed by atoms with Crippen LogP contribution in [0.1, 0.15) is 33.2 Å². The van der Waals surface area contributed by atoms with E-state index in [-0.39, 0.29) is 23.8 Å². The highest BCUT2D eigenvalue weighted by Gasteiger charge is 2.22. The van der Waals surface area contributed by atoms with Gasteiger partial charge in [0.15, 0.2) is 16.6 Å². The fourth-order valence-corrected chi connectivity index (χ4v) is 4.34. The topological polar surface area (TPSA) is 86.3 Å². The van der Waals surface area contributed by atoms with E-state index in [4.69, 9.17) is 54.4 Å². The molecule has 0 saturated carbocycles. The van der Waals surface area contributed by atoms with E-state index in [9.17, 15) is 9.59 Å². The maximum absolute atomic E-state index is 13.2. The first kappa shape index (κ1) is 29.0. The van der Waals surface area contributed by atoms with Crippen molar-refractivity contribution in [1.82, 2.24) is 5.32 Å². The Kier molecular flexibility index (Phi) is 10.2.